The molecule has 2 N–H and O–H groups in total. The number of carbonyl (C=O) groups is 1. The van der Waals surface area contributed by atoms with Crippen molar-refractivity contribution in [3.05, 3.63) is 125 Å². The molecule has 208 valence electrons. The third kappa shape index (κ3) is 6.06. The average molecular weight is 555 g/mol. The fourth-order valence-corrected chi connectivity index (χ4v) is 5.18. The zero-order valence-electron chi connectivity index (χ0n) is 22.8. The number of nitrogens with two attached hydrogens (primary N) is 1. The van der Waals surface area contributed by atoms with Gasteiger partial charge in [-0.1, -0.05) is 18.7 Å². The van der Waals surface area contributed by atoms with Crippen LogP contribution >= 0.6 is 0 Å². The maximum absolute atomic E-state index is 14.4. The van der Waals surface area contributed by atoms with E-state index in [1.54, 1.807) is 35.3 Å². The maximum Gasteiger partial charge on any atom is 0.154 e. The molecule has 5 rings (SSSR count). The van der Waals surface area contributed by atoms with Crippen LogP contribution in [0.15, 0.2) is 79.6 Å². The van der Waals surface area contributed by atoms with Gasteiger partial charge in [-0.15, -0.1) is 0 Å². The molecule has 5 aromatic rings. The van der Waals surface area contributed by atoms with Crippen LogP contribution in [0.5, 0.6) is 0 Å². The predicted molar refractivity (Wildman–Crippen MR) is 154 cm³/mol. The first-order valence-electron chi connectivity index (χ1n) is 13.2. The molecule has 2 aromatic heterocycles. The van der Waals surface area contributed by atoms with Gasteiger partial charge in [-0.2, -0.15) is 5.10 Å². The number of pyridine rings is 1. The van der Waals surface area contributed by atoms with Crippen molar-refractivity contribution < 1.29 is 18.0 Å². The lowest BCUT2D eigenvalue weighted by molar-refractivity contribution is -0.120. The number of fused-ring (bicyclic) bond motifs is 1. The van der Waals surface area contributed by atoms with E-state index < -0.39 is 23.4 Å². The van der Waals surface area contributed by atoms with Crippen molar-refractivity contribution in [2.45, 2.75) is 39.2 Å². The highest BCUT2D eigenvalue weighted by Gasteiger charge is 2.24. The molecular weight excluding hydrogens is 525 g/mol. The number of Topliss-reactive ketones (excluding diaryl/α,β-unsaturated/α-hetero) is 1. The van der Waals surface area contributed by atoms with Crippen molar-refractivity contribution in [2.75, 3.05) is 0 Å². The summed E-state index contributed by atoms with van der Waals surface area (Å²) in [4.78, 5) is 18.1. The van der Waals surface area contributed by atoms with Crippen LogP contribution in [-0.2, 0) is 17.8 Å². The number of hydrogen-bond donors (Lipinski definition) is 1. The maximum atomic E-state index is 14.4. The normalized spacial score (nSPS) is 12.0. The van der Waals surface area contributed by atoms with Crippen molar-refractivity contribution in [3.8, 4) is 11.1 Å². The average Bonchev–Trinajstić information content (AvgIpc) is 3.28. The molecule has 5 nitrogen and oxygen atoms in total. The Morgan fingerprint density at radius 1 is 1.00 bits per heavy atom. The largest absolute Gasteiger partial charge is 0.399 e. The van der Waals surface area contributed by atoms with Gasteiger partial charge in [0.2, 0.25) is 0 Å². The van der Waals surface area contributed by atoms with E-state index in [0.717, 1.165) is 28.1 Å². The topological polar surface area (TPSA) is 73.8 Å². The van der Waals surface area contributed by atoms with Crippen molar-refractivity contribution in [2.24, 2.45) is 5.73 Å². The Morgan fingerprint density at radius 2 is 1.73 bits per heavy atom. The molecule has 0 spiro atoms. The van der Waals surface area contributed by atoms with Crippen LogP contribution in [-0.4, -0.2) is 20.5 Å². The number of ketones is 1. The zero-order chi connectivity index (χ0) is 29.3. The van der Waals surface area contributed by atoms with Gasteiger partial charge in [-0.05, 0) is 85.0 Å². The molecule has 0 aliphatic heterocycles. The SMILES string of the molecule is C=C(N)c1cc(-c2cccnc2[C@@H](CC(=O)Cn2ncc3cc(C)c(C)cc32)Cc2cc(F)cc(F)c2)ccc1F. The molecule has 2 heterocycles. The van der Waals surface area contributed by atoms with Gasteiger partial charge in [-0.3, -0.25) is 14.5 Å². The zero-order valence-corrected chi connectivity index (χ0v) is 22.8. The monoisotopic (exact) mass is 554 g/mol. The van der Waals surface area contributed by atoms with Crippen LogP contribution in [0.1, 0.15) is 40.3 Å². The van der Waals surface area contributed by atoms with Crippen LogP contribution in [0.3, 0.4) is 0 Å². The number of aryl methyl sites for hydroxylation is 2. The van der Waals surface area contributed by atoms with Gasteiger partial charge >= 0.3 is 0 Å². The third-order valence-corrected chi connectivity index (χ3v) is 7.31. The number of carbonyl (C=O) groups excluding carboxylic acids is 1. The Bertz CT molecular complexity index is 1770. The highest BCUT2D eigenvalue weighted by molar-refractivity contribution is 5.84. The van der Waals surface area contributed by atoms with Crippen molar-refractivity contribution in [1.82, 2.24) is 14.8 Å². The summed E-state index contributed by atoms with van der Waals surface area (Å²) in [7, 11) is 0. The van der Waals surface area contributed by atoms with Crippen molar-refractivity contribution in [3.63, 3.8) is 0 Å². The second-order valence-electron chi connectivity index (χ2n) is 10.4. The van der Waals surface area contributed by atoms with Gasteiger partial charge in [-0.25, -0.2) is 13.2 Å². The Morgan fingerprint density at radius 3 is 2.46 bits per heavy atom. The molecule has 0 saturated carbocycles. The lowest BCUT2D eigenvalue weighted by Gasteiger charge is -2.20. The highest BCUT2D eigenvalue weighted by Crippen LogP contribution is 2.34. The summed E-state index contributed by atoms with van der Waals surface area (Å²) in [5.74, 6) is -2.58. The number of aromatic nitrogens is 3. The van der Waals surface area contributed by atoms with Gasteiger partial charge in [0.25, 0.3) is 0 Å². The quantitative estimate of drug-likeness (QED) is 0.212. The Hall–Kier alpha value is -4.72. The first kappa shape index (κ1) is 27.8. The van der Waals surface area contributed by atoms with E-state index >= 15 is 0 Å². The van der Waals surface area contributed by atoms with Crippen LogP contribution in [0.2, 0.25) is 0 Å². The lowest BCUT2D eigenvalue weighted by Crippen LogP contribution is -2.17. The molecule has 0 aliphatic carbocycles. The van der Waals surface area contributed by atoms with Crippen LogP contribution in [0.25, 0.3) is 27.7 Å². The molecular formula is C33H29F3N4O. The van der Waals surface area contributed by atoms with Crippen LogP contribution in [0, 0.1) is 31.3 Å². The summed E-state index contributed by atoms with van der Waals surface area (Å²) >= 11 is 0. The first-order chi connectivity index (χ1) is 19.6. The second-order valence-corrected chi connectivity index (χ2v) is 10.4. The lowest BCUT2D eigenvalue weighted by atomic mass is 9.86. The predicted octanol–water partition coefficient (Wildman–Crippen LogP) is 7.05. The van der Waals surface area contributed by atoms with Gasteiger partial charge in [0.15, 0.2) is 5.78 Å². The summed E-state index contributed by atoms with van der Waals surface area (Å²) in [5.41, 5.74) is 11.3. The molecule has 0 fully saturated rings. The molecule has 0 radical (unpaired) electrons. The van der Waals surface area contributed by atoms with E-state index in [0.29, 0.717) is 22.4 Å². The van der Waals surface area contributed by atoms with Gasteiger partial charge in [0, 0.05) is 46.8 Å². The van der Waals surface area contributed by atoms with E-state index in [1.807, 2.05) is 32.0 Å². The molecule has 0 unspecified atom stereocenters. The highest BCUT2D eigenvalue weighted by atomic mass is 19.1. The van der Waals surface area contributed by atoms with E-state index in [9.17, 15) is 18.0 Å². The molecule has 41 heavy (non-hydrogen) atoms. The molecule has 1 atom stereocenters. The Kier molecular flexibility index (Phi) is 7.75. The fraction of sp³-hybridized carbons (Fsp3) is 0.182. The Labute approximate surface area is 236 Å². The number of halogens is 3. The smallest absolute Gasteiger partial charge is 0.154 e. The Balaban J connectivity index is 1.53. The minimum Gasteiger partial charge on any atom is -0.399 e. The molecule has 8 heteroatoms. The van der Waals surface area contributed by atoms with Gasteiger partial charge < -0.3 is 5.73 Å². The number of hydrogen-bond acceptors (Lipinski definition) is 4. The standard InChI is InChI=1S/C33H29F3N4O/c1-19-9-25-17-39-40(32(25)10-20(19)2)18-28(41)14-24(11-22-12-26(34)16-27(35)13-22)33-29(5-4-8-38-33)23-6-7-31(36)30(15-23)21(3)37/h4-10,12-13,15-17,24H,3,11,14,18,37H2,1-2H3/t24-/m1/s1. The summed E-state index contributed by atoms with van der Waals surface area (Å²) in [6.45, 7) is 7.71. The van der Waals surface area contributed by atoms with E-state index in [-0.39, 0.29) is 36.4 Å². The molecule has 0 amide bonds. The van der Waals surface area contributed by atoms with E-state index in [2.05, 4.69) is 16.7 Å². The first-order valence-corrected chi connectivity index (χ1v) is 13.2. The molecule has 0 aliphatic rings. The molecule has 0 saturated heterocycles. The molecule has 3 aromatic carbocycles. The summed E-state index contributed by atoms with van der Waals surface area (Å²) in [6, 6.07) is 15.4. The van der Waals surface area contributed by atoms with Crippen LogP contribution in [0.4, 0.5) is 13.2 Å². The third-order valence-electron chi connectivity index (χ3n) is 7.31. The summed E-state index contributed by atoms with van der Waals surface area (Å²) in [5, 5.41) is 5.37. The van der Waals surface area contributed by atoms with Gasteiger partial charge in [0.05, 0.1) is 17.4 Å². The van der Waals surface area contributed by atoms with E-state index in [1.165, 1.54) is 18.2 Å². The molecule has 0 bridgehead atoms. The number of rotatable bonds is 9. The van der Waals surface area contributed by atoms with E-state index in [4.69, 9.17) is 5.73 Å². The summed E-state index contributed by atoms with van der Waals surface area (Å²) < 4.78 is 44.3. The van der Waals surface area contributed by atoms with Crippen molar-refractivity contribution in [1.29, 1.82) is 0 Å². The van der Waals surface area contributed by atoms with Crippen molar-refractivity contribution >= 4 is 22.4 Å². The summed E-state index contributed by atoms with van der Waals surface area (Å²) in [6.07, 6.45) is 3.52. The van der Waals surface area contributed by atoms with Gasteiger partial charge in [0.1, 0.15) is 24.0 Å². The minimum atomic E-state index is -0.704. The number of benzene rings is 3. The second kappa shape index (κ2) is 11.4. The fourth-order valence-electron chi connectivity index (χ4n) is 5.18. The van der Waals surface area contributed by atoms with Crippen LogP contribution < -0.4 is 5.73 Å². The number of nitrogens with zero attached hydrogens (tertiary/aromatic N) is 3. The minimum absolute atomic E-state index is 0.0237.